The van der Waals surface area contributed by atoms with Crippen molar-refractivity contribution in [1.29, 1.82) is 0 Å². The van der Waals surface area contributed by atoms with Crippen molar-refractivity contribution < 1.29 is 4.79 Å². The fraction of sp³-hybridized carbons (Fsp3) is 0.929. The van der Waals surface area contributed by atoms with Gasteiger partial charge < -0.3 is 16.0 Å². The Balaban J connectivity index is 1.83. The number of piperidine rings is 2. The first kappa shape index (κ1) is 13.8. The Bertz CT molecular complexity index is 291. The number of hydrogen-bond acceptors (Lipinski definition) is 3. The average Bonchev–Trinajstić information content (AvgIpc) is 2.38. The monoisotopic (exact) mass is 253 g/mol. The van der Waals surface area contributed by atoms with Gasteiger partial charge in [0.05, 0.1) is 5.54 Å². The molecule has 1 amide bonds. The summed E-state index contributed by atoms with van der Waals surface area (Å²) in [7, 11) is 0. The largest absolute Gasteiger partial charge is 0.354 e. The van der Waals surface area contributed by atoms with E-state index in [-0.39, 0.29) is 16.9 Å². The molecule has 0 aromatic heterocycles. The molecule has 2 heterocycles. The van der Waals surface area contributed by atoms with Gasteiger partial charge in [0.15, 0.2) is 0 Å². The van der Waals surface area contributed by atoms with Crippen LogP contribution in [-0.4, -0.2) is 37.6 Å². The molecule has 0 aromatic rings. The van der Waals surface area contributed by atoms with Gasteiger partial charge in [0.25, 0.3) is 0 Å². The van der Waals surface area contributed by atoms with E-state index in [0.717, 1.165) is 51.9 Å². The average molecular weight is 253 g/mol. The van der Waals surface area contributed by atoms with E-state index in [2.05, 4.69) is 22.9 Å². The second kappa shape index (κ2) is 5.57. The molecule has 2 saturated heterocycles. The number of carbonyl (C=O) groups excluding carboxylic acids is 1. The van der Waals surface area contributed by atoms with E-state index in [1.165, 1.54) is 6.42 Å². The van der Waals surface area contributed by atoms with Gasteiger partial charge in [-0.25, -0.2) is 0 Å². The number of hydrogen-bond donors (Lipinski definition) is 3. The van der Waals surface area contributed by atoms with Crippen molar-refractivity contribution in [3.8, 4) is 0 Å². The van der Waals surface area contributed by atoms with Crippen molar-refractivity contribution in [2.75, 3.05) is 26.2 Å². The van der Waals surface area contributed by atoms with Crippen LogP contribution in [0.25, 0.3) is 0 Å². The van der Waals surface area contributed by atoms with Gasteiger partial charge in [-0.1, -0.05) is 6.92 Å². The maximum Gasteiger partial charge on any atom is 0.240 e. The van der Waals surface area contributed by atoms with Gasteiger partial charge in [-0.2, -0.15) is 0 Å². The Labute approximate surface area is 110 Å². The molecule has 4 nitrogen and oxygen atoms in total. The van der Waals surface area contributed by atoms with E-state index in [1.807, 2.05) is 6.92 Å². The van der Waals surface area contributed by atoms with Crippen LogP contribution in [-0.2, 0) is 4.79 Å². The van der Waals surface area contributed by atoms with E-state index in [9.17, 15) is 4.79 Å². The Morgan fingerprint density at radius 3 is 2.44 bits per heavy atom. The lowest BCUT2D eigenvalue weighted by Crippen LogP contribution is -2.58. The van der Waals surface area contributed by atoms with Crippen LogP contribution in [0.1, 0.15) is 46.0 Å². The van der Waals surface area contributed by atoms with E-state index >= 15 is 0 Å². The fourth-order valence-electron chi connectivity index (χ4n) is 2.95. The summed E-state index contributed by atoms with van der Waals surface area (Å²) in [5.74, 6) is 0.182. The third-order valence-corrected chi connectivity index (χ3v) is 4.61. The zero-order valence-corrected chi connectivity index (χ0v) is 11.8. The minimum atomic E-state index is -0.346. The predicted molar refractivity (Wildman–Crippen MR) is 73.5 cm³/mol. The first-order chi connectivity index (χ1) is 8.54. The summed E-state index contributed by atoms with van der Waals surface area (Å²) in [5.41, 5.74) is -0.0759. The summed E-state index contributed by atoms with van der Waals surface area (Å²) < 4.78 is 0. The number of rotatable bonds is 3. The second-order valence-electron chi connectivity index (χ2n) is 6.46. The van der Waals surface area contributed by atoms with Gasteiger partial charge >= 0.3 is 0 Å². The lowest BCUT2D eigenvalue weighted by Gasteiger charge is -2.37. The normalized spacial score (nSPS) is 31.9. The van der Waals surface area contributed by atoms with Crippen LogP contribution in [0.4, 0.5) is 0 Å². The van der Waals surface area contributed by atoms with E-state index < -0.39 is 0 Å². The summed E-state index contributed by atoms with van der Waals surface area (Å²) in [6, 6.07) is 0. The Morgan fingerprint density at radius 2 is 1.83 bits per heavy atom. The van der Waals surface area contributed by atoms with Crippen molar-refractivity contribution in [2.45, 2.75) is 51.5 Å². The summed E-state index contributed by atoms with van der Waals surface area (Å²) in [4.78, 5) is 12.3. The second-order valence-corrected chi connectivity index (χ2v) is 6.46. The maximum atomic E-state index is 12.3. The van der Waals surface area contributed by atoms with Gasteiger partial charge in [0, 0.05) is 6.54 Å². The van der Waals surface area contributed by atoms with Crippen LogP contribution in [0, 0.1) is 5.41 Å². The molecule has 2 rings (SSSR count). The summed E-state index contributed by atoms with van der Waals surface area (Å²) in [6.45, 7) is 8.23. The number of nitrogens with one attached hydrogen (secondary N) is 3. The number of carbonyl (C=O) groups is 1. The van der Waals surface area contributed by atoms with Crippen molar-refractivity contribution in [3.63, 3.8) is 0 Å². The smallest absolute Gasteiger partial charge is 0.240 e. The summed E-state index contributed by atoms with van der Waals surface area (Å²) in [6.07, 6.45) is 5.59. The Hall–Kier alpha value is -0.610. The van der Waals surface area contributed by atoms with Crippen LogP contribution >= 0.6 is 0 Å². The van der Waals surface area contributed by atoms with Gasteiger partial charge in [0.2, 0.25) is 5.91 Å². The first-order valence-corrected chi connectivity index (χ1v) is 7.28. The highest BCUT2D eigenvalue weighted by atomic mass is 16.2. The highest BCUT2D eigenvalue weighted by molar-refractivity contribution is 5.86. The SMILES string of the molecule is CC1(CNC(=O)C2(C)CCCCN2)CCNCC1. The molecule has 0 spiro atoms. The molecule has 0 radical (unpaired) electrons. The van der Waals surface area contributed by atoms with Gasteiger partial charge in [-0.3, -0.25) is 4.79 Å². The van der Waals surface area contributed by atoms with Crippen LogP contribution in [0.3, 0.4) is 0 Å². The third-order valence-electron chi connectivity index (χ3n) is 4.61. The molecule has 2 fully saturated rings. The quantitative estimate of drug-likeness (QED) is 0.704. The first-order valence-electron chi connectivity index (χ1n) is 7.28. The minimum absolute atomic E-state index is 0.182. The zero-order chi connectivity index (χ0) is 13.1. The summed E-state index contributed by atoms with van der Waals surface area (Å²) in [5, 5.41) is 9.92. The van der Waals surface area contributed by atoms with E-state index in [1.54, 1.807) is 0 Å². The maximum absolute atomic E-state index is 12.3. The molecule has 0 bridgehead atoms. The topological polar surface area (TPSA) is 53.2 Å². The van der Waals surface area contributed by atoms with Gasteiger partial charge in [-0.15, -0.1) is 0 Å². The molecule has 4 heteroatoms. The fourth-order valence-corrected chi connectivity index (χ4v) is 2.95. The Kier molecular flexibility index (Phi) is 4.28. The van der Waals surface area contributed by atoms with E-state index in [0.29, 0.717) is 0 Å². The van der Waals surface area contributed by atoms with Crippen molar-refractivity contribution in [2.24, 2.45) is 5.41 Å². The van der Waals surface area contributed by atoms with Crippen molar-refractivity contribution >= 4 is 5.91 Å². The Morgan fingerprint density at radius 1 is 1.11 bits per heavy atom. The molecule has 1 atom stereocenters. The lowest BCUT2D eigenvalue weighted by atomic mass is 9.80. The molecule has 2 aliphatic rings. The molecule has 0 aromatic carbocycles. The molecular formula is C14H27N3O. The molecule has 0 saturated carbocycles. The highest BCUT2D eigenvalue weighted by Gasteiger charge is 2.35. The molecule has 104 valence electrons. The summed E-state index contributed by atoms with van der Waals surface area (Å²) >= 11 is 0. The van der Waals surface area contributed by atoms with Crippen molar-refractivity contribution in [1.82, 2.24) is 16.0 Å². The molecule has 2 aliphatic heterocycles. The standard InChI is InChI=1S/C14H27N3O/c1-13(6-9-15-10-7-13)11-16-12(18)14(2)5-3-4-8-17-14/h15,17H,3-11H2,1-2H3,(H,16,18). The van der Waals surface area contributed by atoms with Crippen molar-refractivity contribution in [3.05, 3.63) is 0 Å². The van der Waals surface area contributed by atoms with Crippen LogP contribution < -0.4 is 16.0 Å². The molecule has 1 unspecified atom stereocenters. The van der Waals surface area contributed by atoms with E-state index in [4.69, 9.17) is 0 Å². The molecular weight excluding hydrogens is 226 g/mol. The highest BCUT2D eigenvalue weighted by Crippen LogP contribution is 2.27. The minimum Gasteiger partial charge on any atom is -0.354 e. The van der Waals surface area contributed by atoms with Crippen LogP contribution in [0.15, 0.2) is 0 Å². The molecule has 0 aliphatic carbocycles. The molecule has 18 heavy (non-hydrogen) atoms. The zero-order valence-electron chi connectivity index (χ0n) is 11.8. The number of amides is 1. The molecule has 3 N–H and O–H groups in total. The lowest BCUT2D eigenvalue weighted by molar-refractivity contribution is -0.128. The van der Waals surface area contributed by atoms with Gasteiger partial charge in [0.1, 0.15) is 0 Å². The van der Waals surface area contributed by atoms with Gasteiger partial charge in [-0.05, 0) is 64.1 Å². The van der Waals surface area contributed by atoms with Crippen LogP contribution in [0.2, 0.25) is 0 Å². The predicted octanol–water partition coefficient (Wildman–Crippen LogP) is 1.02. The van der Waals surface area contributed by atoms with Crippen LogP contribution in [0.5, 0.6) is 0 Å². The third kappa shape index (κ3) is 3.23.